The molecule has 20 heavy (non-hydrogen) atoms. The van der Waals surface area contributed by atoms with Crippen LogP contribution in [0.2, 0.25) is 0 Å². The molecule has 0 bridgehead atoms. The molecule has 1 aliphatic rings. The topological polar surface area (TPSA) is 34.2 Å². The third-order valence-electron chi connectivity index (χ3n) is 3.67. The Hall–Kier alpha value is -1.16. The zero-order valence-corrected chi connectivity index (χ0v) is 12.5. The van der Waals surface area contributed by atoms with Crippen molar-refractivity contribution in [2.45, 2.75) is 71.1 Å². The predicted molar refractivity (Wildman–Crippen MR) is 78.3 cm³/mol. The summed E-state index contributed by atoms with van der Waals surface area (Å²) in [5.74, 6) is 0.283. The number of nitrogens with zero attached hydrogens (tertiary/aromatic N) is 1. The highest BCUT2D eigenvalue weighted by Gasteiger charge is 2.17. The maximum atomic E-state index is 13.4. The Kier molecular flexibility index (Phi) is 5.77. The van der Waals surface area contributed by atoms with E-state index in [0.717, 1.165) is 18.4 Å². The summed E-state index contributed by atoms with van der Waals surface area (Å²) >= 11 is 0. The summed E-state index contributed by atoms with van der Waals surface area (Å²) in [5.41, 5.74) is 0.808. The first-order chi connectivity index (χ1) is 9.65. The average molecular weight is 280 g/mol. The summed E-state index contributed by atoms with van der Waals surface area (Å²) in [4.78, 5) is 4.14. The molecule has 1 saturated carbocycles. The van der Waals surface area contributed by atoms with E-state index in [1.807, 2.05) is 0 Å². The third kappa shape index (κ3) is 4.75. The van der Waals surface area contributed by atoms with E-state index in [1.54, 1.807) is 0 Å². The van der Waals surface area contributed by atoms with Crippen LogP contribution in [0.15, 0.2) is 12.3 Å². The van der Waals surface area contributed by atoms with E-state index in [1.165, 1.54) is 37.9 Å². The van der Waals surface area contributed by atoms with E-state index >= 15 is 0 Å². The number of ether oxygens (including phenoxy) is 1. The fourth-order valence-corrected chi connectivity index (χ4v) is 2.53. The molecule has 0 aromatic carbocycles. The minimum atomic E-state index is -0.307. The van der Waals surface area contributed by atoms with Crippen molar-refractivity contribution in [3.8, 4) is 5.88 Å². The van der Waals surface area contributed by atoms with Crippen LogP contribution in [0.4, 0.5) is 4.39 Å². The molecular weight excluding hydrogens is 255 g/mol. The maximum Gasteiger partial charge on any atom is 0.218 e. The first-order valence-corrected chi connectivity index (χ1v) is 7.69. The highest BCUT2D eigenvalue weighted by molar-refractivity contribution is 5.26. The van der Waals surface area contributed by atoms with Crippen molar-refractivity contribution in [2.24, 2.45) is 0 Å². The Labute approximate surface area is 120 Å². The van der Waals surface area contributed by atoms with Crippen molar-refractivity contribution in [3.05, 3.63) is 23.6 Å². The number of halogens is 1. The van der Waals surface area contributed by atoms with E-state index in [2.05, 4.69) is 24.1 Å². The number of hydrogen-bond acceptors (Lipinski definition) is 3. The predicted octanol–water partition coefficient (Wildman–Crippen LogP) is 3.82. The molecule has 0 atom stereocenters. The van der Waals surface area contributed by atoms with Gasteiger partial charge in [0.2, 0.25) is 5.88 Å². The van der Waals surface area contributed by atoms with Gasteiger partial charge in [-0.15, -0.1) is 0 Å². The molecule has 1 aromatic heterocycles. The second-order valence-corrected chi connectivity index (χ2v) is 5.88. The van der Waals surface area contributed by atoms with Crippen LogP contribution in [0.1, 0.15) is 57.9 Å². The summed E-state index contributed by atoms with van der Waals surface area (Å²) in [6, 6.07) is 1.87. The minimum absolute atomic E-state index is 0.230. The number of aromatic nitrogens is 1. The number of nitrogens with one attached hydrogen (secondary N) is 1. The lowest BCUT2D eigenvalue weighted by Gasteiger charge is -2.19. The SMILES string of the molecule is CC(C)NCc1cc(F)cnc1OC1CCCCCC1. The van der Waals surface area contributed by atoms with Crippen LogP contribution in [0, 0.1) is 5.82 Å². The van der Waals surface area contributed by atoms with Gasteiger partial charge in [-0.05, 0) is 31.7 Å². The van der Waals surface area contributed by atoms with E-state index in [9.17, 15) is 4.39 Å². The van der Waals surface area contributed by atoms with Crippen LogP contribution >= 0.6 is 0 Å². The summed E-state index contributed by atoms with van der Waals surface area (Å²) in [6.07, 6.45) is 8.64. The fraction of sp³-hybridized carbons (Fsp3) is 0.688. The Morgan fingerprint density at radius 1 is 1.30 bits per heavy atom. The molecule has 2 rings (SSSR count). The molecule has 1 aromatic rings. The Bertz CT molecular complexity index is 415. The van der Waals surface area contributed by atoms with E-state index in [4.69, 9.17) is 4.74 Å². The molecule has 1 aliphatic carbocycles. The second-order valence-electron chi connectivity index (χ2n) is 5.88. The van der Waals surface area contributed by atoms with Gasteiger partial charge in [0.1, 0.15) is 11.9 Å². The molecule has 3 nitrogen and oxygen atoms in total. The highest BCUT2D eigenvalue weighted by Crippen LogP contribution is 2.24. The molecule has 112 valence electrons. The Morgan fingerprint density at radius 2 is 2.00 bits per heavy atom. The fourth-order valence-electron chi connectivity index (χ4n) is 2.53. The van der Waals surface area contributed by atoms with Gasteiger partial charge >= 0.3 is 0 Å². The van der Waals surface area contributed by atoms with Crippen molar-refractivity contribution in [3.63, 3.8) is 0 Å². The standard InChI is InChI=1S/C16H25FN2O/c1-12(2)18-10-13-9-14(17)11-19-16(13)20-15-7-5-3-4-6-8-15/h9,11-12,15,18H,3-8,10H2,1-2H3. The van der Waals surface area contributed by atoms with Gasteiger partial charge in [0.05, 0.1) is 6.20 Å². The van der Waals surface area contributed by atoms with Crippen molar-refractivity contribution >= 4 is 0 Å². The van der Waals surface area contributed by atoms with Crippen LogP contribution in [0.25, 0.3) is 0 Å². The summed E-state index contributed by atoms with van der Waals surface area (Å²) in [5, 5.41) is 3.29. The van der Waals surface area contributed by atoms with E-state index in [-0.39, 0.29) is 11.9 Å². The van der Waals surface area contributed by atoms with Gasteiger partial charge in [0.25, 0.3) is 0 Å². The molecule has 0 radical (unpaired) electrons. The monoisotopic (exact) mass is 280 g/mol. The molecule has 1 N–H and O–H groups in total. The molecule has 0 unspecified atom stereocenters. The van der Waals surface area contributed by atoms with E-state index < -0.39 is 0 Å². The Morgan fingerprint density at radius 3 is 2.65 bits per heavy atom. The molecule has 1 fully saturated rings. The van der Waals surface area contributed by atoms with Gasteiger partial charge in [-0.2, -0.15) is 0 Å². The molecule has 0 aliphatic heterocycles. The molecule has 0 amide bonds. The van der Waals surface area contributed by atoms with Crippen molar-refractivity contribution in [1.82, 2.24) is 10.3 Å². The van der Waals surface area contributed by atoms with Gasteiger partial charge in [0, 0.05) is 18.2 Å². The summed E-state index contributed by atoms with van der Waals surface area (Å²) < 4.78 is 19.4. The lowest BCUT2D eigenvalue weighted by atomic mass is 10.1. The molecule has 0 saturated heterocycles. The highest BCUT2D eigenvalue weighted by atomic mass is 19.1. The largest absolute Gasteiger partial charge is 0.474 e. The van der Waals surface area contributed by atoms with E-state index in [0.29, 0.717) is 18.5 Å². The van der Waals surface area contributed by atoms with Crippen LogP contribution in [0.3, 0.4) is 0 Å². The zero-order chi connectivity index (χ0) is 14.4. The summed E-state index contributed by atoms with van der Waals surface area (Å²) in [6.45, 7) is 4.72. The number of rotatable bonds is 5. The average Bonchev–Trinajstić information content (AvgIpc) is 2.67. The molecule has 1 heterocycles. The van der Waals surface area contributed by atoms with Gasteiger partial charge in [-0.3, -0.25) is 0 Å². The Balaban J connectivity index is 2.04. The minimum Gasteiger partial charge on any atom is -0.474 e. The first-order valence-electron chi connectivity index (χ1n) is 7.69. The first kappa shape index (κ1) is 15.2. The quantitative estimate of drug-likeness (QED) is 0.833. The van der Waals surface area contributed by atoms with Gasteiger partial charge < -0.3 is 10.1 Å². The second kappa shape index (κ2) is 7.58. The molecule has 0 spiro atoms. The van der Waals surface area contributed by atoms with Crippen LogP contribution in [-0.2, 0) is 6.54 Å². The van der Waals surface area contributed by atoms with Crippen LogP contribution in [0.5, 0.6) is 5.88 Å². The smallest absolute Gasteiger partial charge is 0.218 e. The van der Waals surface area contributed by atoms with Gasteiger partial charge in [-0.1, -0.05) is 26.7 Å². The lowest BCUT2D eigenvalue weighted by Crippen LogP contribution is -2.23. The van der Waals surface area contributed by atoms with Gasteiger partial charge in [-0.25, -0.2) is 9.37 Å². The normalized spacial score (nSPS) is 17.2. The number of pyridine rings is 1. The number of hydrogen-bond donors (Lipinski definition) is 1. The van der Waals surface area contributed by atoms with Gasteiger partial charge in [0.15, 0.2) is 0 Å². The molecule has 4 heteroatoms. The van der Waals surface area contributed by atoms with Crippen LogP contribution < -0.4 is 10.1 Å². The maximum absolute atomic E-state index is 13.4. The lowest BCUT2D eigenvalue weighted by molar-refractivity contribution is 0.173. The zero-order valence-electron chi connectivity index (χ0n) is 12.5. The van der Waals surface area contributed by atoms with Crippen molar-refractivity contribution in [1.29, 1.82) is 0 Å². The van der Waals surface area contributed by atoms with Crippen molar-refractivity contribution < 1.29 is 9.13 Å². The summed E-state index contributed by atoms with van der Waals surface area (Å²) in [7, 11) is 0. The van der Waals surface area contributed by atoms with Crippen LogP contribution in [-0.4, -0.2) is 17.1 Å². The third-order valence-corrected chi connectivity index (χ3v) is 3.67. The molecular formula is C16H25FN2O. The van der Waals surface area contributed by atoms with Crippen molar-refractivity contribution in [2.75, 3.05) is 0 Å².